The summed E-state index contributed by atoms with van der Waals surface area (Å²) in [5.74, 6) is -1.09. The Kier molecular flexibility index (Phi) is 5.40. The SMILES string of the molecule is CCOC(=O)[C@H](CS)NC(=O)c1cc2nc(C3CC3)cc(C(F)F)n2n1. The van der Waals surface area contributed by atoms with E-state index in [2.05, 4.69) is 28.0 Å². The second-order valence-electron chi connectivity index (χ2n) is 5.94. The van der Waals surface area contributed by atoms with Crippen molar-refractivity contribution in [2.75, 3.05) is 12.4 Å². The van der Waals surface area contributed by atoms with Crippen molar-refractivity contribution in [3.8, 4) is 0 Å². The molecule has 1 saturated carbocycles. The maximum absolute atomic E-state index is 13.4. The molecule has 1 aliphatic carbocycles. The first-order valence-corrected chi connectivity index (χ1v) is 8.85. The van der Waals surface area contributed by atoms with E-state index in [0.717, 1.165) is 17.4 Å². The molecule has 26 heavy (non-hydrogen) atoms. The van der Waals surface area contributed by atoms with Gasteiger partial charge in [0.2, 0.25) is 0 Å². The highest BCUT2D eigenvalue weighted by atomic mass is 32.1. The number of fused-ring (bicyclic) bond motifs is 1. The van der Waals surface area contributed by atoms with Gasteiger partial charge in [0, 0.05) is 23.4 Å². The van der Waals surface area contributed by atoms with Gasteiger partial charge in [0.15, 0.2) is 11.3 Å². The van der Waals surface area contributed by atoms with Gasteiger partial charge in [-0.1, -0.05) is 0 Å². The molecule has 1 aliphatic rings. The van der Waals surface area contributed by atoms with E-state index in [1.54, 1.807) is 6.92 Å². The molecule has 140 valence electrons. The molecule has 2 heterocycles. The van der Waals surface area contributed by atoms with E-state index in [9.17, 15) is 18.4 Å². The van der Waals surface area contributed by atoms with Crippen LogP contribution in [-0.4, -0.2) is 44.9 Å². The molecule has 0 aliphatic heterocycles. The Morgan fingerprint density at radius 3 is 2.73 bits per heavy atom. The van der Waals surface area contributed by atoms with Gasteiger partial charge in [-0.15, -0.1) is 0 Å². The molecular weight excluding hydrogens is 366 g/mol. The number of esters is 1. The first-order chi connectivity index (χ1) is 12.4. The van der Waals surface area contributed by atoms with Crippen molar-refractivity contribution < 1.29 is 23.1 Å². The lowest BCUT2D eigenvalue weighted by atomic mass is 10.2. The Morgan fingerprint density at radius 2 is 2.15 bits per heavy atom. The van der Waals surface area contributed by atoms with Crippen LogP contribution in [0.1, 0.15) is 54.0 Å². The number of carbonyl (C=O) groups excluding carboxylic acids is 2. The van der Waals surface area contributed by atoms with Crippen LogP contribution in [0, 0.1) is 0 Å². The Morgan fingerprint density at radius 1 is 1.42 bits per heavy atom. The molecule has 0 unspecified atom stereocenters. The summed E-state index contributed by atoms with van der Waals surface area (Å²) in [6, 6.07) is 1.70. The highest BCUT2D eigenvalue weighted by molar-refractivity contribution is 7.80. The van der Waals surface area contributed by atoms with Crippen molar-refractivity contribution >= 4 is 30.2 Å². The van der Waals surface area contributed by atoms with Crippen molar-refractivity contribution in [1.82, 2.24) is 19.9 Å². The highest BCUT2D eigenvalue weighted by Crippen LogP contribution is 2.40. The summed E-state index contributed by atoms with van der Waals surface area (Å²) in [6.45, 7) is 1.81. The third-order valence-corrected chi connectivity index (χ3v) is 4.35. The predicted octanol–water partition coefficient (Wildman–Crippen LogP) is 2.14. The van der Waals surface area contributed by atoms with Crippen LogP contribution in [0.15, 0.2) is 12.1 Å². The molecular formula is C16H18F2N4O3S. The molecule has 3 rings (SSSR count). The van der Waals surface area contributed by atoms with Crippen molar-refractivity contribution in [3.05, 3.63) is 29.2 Å². The molecule has 1 fully saturated rings. The lowest BCUT2D eigenvalue weighted by Crippen LogP contribution is -2.43. The highest BCUT2D eigenvalue weighted by Gasteiger charge is 2.29. The fraction of sp³-hybridized carbons (Fsp3) is 0.500. The maximum atomic E-state index is 13.4. The van der Waals surface area contributed by atoms with E-state index in [1.165, 1.54) is 12.1 Å². The molecule has 0 spiro atoms. The number of nitrogens with one attached hydrogen (secondary N) is 1. The number of halogens is 2. The number of hydrogen-bond acceptors (Lipinski definition) is 6. The van der Waals surface area contributed by atoms with Crippen molar-refractivity contribution in [3.63, 3.8) is 0 Å². The second kappa shape index (κ2) is 7.56. The minimum Gasteiger partial charge on any atom is -0.464 e. The molecule has 0 saturated heterocycles. The van der Waals surface area contributed by atoms with Crippen molar-refractivity contribution in [1.29, 1.82) is 0 Å². The zero-order valence-electron chi connectivity index (χ0n) is 14.0. The van der Waals surface area contributed by atoms with Crippen LogP contribution >= 0.6 is 12.6 Å². The van der Waals surface area contributed by atoms with Crippen LogP contribution in [0.2, 0.25) is 0 Å². The Balaban J connectivity index is 1.89. The lowest BCUT2D eigenvalue weighted by molar-refractivity contribution is -0.144. The second-order valence-corrected chi connectivity index (χ2v) is 6.31. The lowest BCUT2D eigenvalue weighted by Gasteiger charge is -2.13. The van der Waals surface area contributed by atoms with Gasteiger partial charge in [-0.25, -0.2) is 23.1 Å². The molecule has 0 aromatic carbocycles. The van der Waals surface area contributed by atoms with E-state index in [0.29, 0.717) is 5.69 Å². The summed E-state index contributed by atoms with van der Waals surface area (Å²) in [5.41, 5.74) is 0.336. The van der Waals surface area contributed by atoms with Gasteiger partial charge in [0.05, 0.1) is 6.61 Å². The van der Waals surface area contributed by atoms with Crippen LogP contribution in [-0.2, 0) is 9.53 Å². The van der Waals surface area contributed by atoms with E-state index in [1.807, 2.05) is 0 Å². The molecule has 2 aromatic heterocycles. The zero-order chi connectivity index (χ0) is 18.8. The largest absolute Gasteiger partial charge is 0.464 e. The van der Waals surface area contributed by atoms with Crippen LogP contribution in [0.25, 0.3) is 5.65 Å². The summed E-state index contributed by atoms with van der Waals surface area (Å²) >= 11 is 4.02. The first kappa shape index (κ1) is 18.6. The van der Waals surface area contributed by atoms with Crippen molar-refractivity contribution in [2.45, 2.75) is 38.2 Å². The molecule has 2 aromatic rings. The summed E-state index contributed by atoms with van der Waals surface area (Å²) < 4.78 is 32.5. The minimum absolute atomic E-state index is 0.0321. The number of carbonyl (C=O) groups is 2. The number of amides is 1. The number of alkyl halides is 2. The normalized spacial score (nSPS) is 15.3. The van der Waals surface area contributed by atoms with E-state index in [-0.39, 0.29) is 35.3 Å². The third-order valence-electron chi connectivity index (χ3n) is 3.99. The van der Waals surface area contributed by atoms with Gasteiger partial charge in [-0.2, -0.15) is 17.7 Å². The van der Waals surface area contributed by atoms with Crippen LogP contribution in [0.3, 0.4) is 0 Å². The molecule has 0 bridgehead atoms. The molecule has 1 atom stereocenters. The van der Waals surface area contributed by atoms with Crippen molar-refractivity contribution in [2.24, 2.45) is 0 Å². The van der Waals surface area contributed by atoms with Gasteiger partial charge >= 0.3 is 5.97 Å². The van der Waals surface area contributed by atoms with Gasteiger partial charge < -0.3 is 10.1 Å². The number of ether oxygens (including phenoxy) is 1. The summed E-state index contributed by atoms with van der Waals surface area (Å²) in [7, 11) is 0. The topological polar surface area (TPSA) is 85.6 Å². The quantitative estimate of drug-likeness (QED) is 0.564. The smallest absolute Gasteiger partial charge is 0.329 e. The molecule has 7 nitrogen and oxygen atoms in total. The molecule has 1 N–H and O–H groups in total. The number of aromatic nitrogens is 3. The van der Waals surface area contributed by atoms with E-state index < -0.39 is 24.3 Å². The van der Waals surface area contributed by atoms with Gasteiger partial charge in [-0.3, -0.25) is 4.79 Å². The third kappa shape index (κ3) is 3.79. The van der Waals surface area contributed by atoms with Gasteiger partial charge in [0.1, 0.15) is 11.7 Å². The minimum atomic E-state index is -2.75. The standard InChI is InChI=1S/C16H18F2N4O3S/c1-2-25-16(24)11(7-26)20-15(23)10-6-13-19-9(8-3-4-8)5-12(14(17)18)22(13)21-10/h5-6,8,11,14,26H,2-4,7H2,1H3,(H,20,23)/t11-/m0/s1. The van der Waals surface area contributed by atoms with Crippen LogP contribution in [0.5, 0.6) is 0 Å². The van der Waals surface area contributed by atoms with Gasteiger partial charge in [0.25, 0.3) is 12.3 Å². The first-order valence-electron chi connectivity index (χ1n) is 8.21. The summed E-state index contributed by atoms with van der Waals surface area (Å²) in [5, 5.41) is 6.38. The van der Waals surface area contributed by atoms with Crippen LogP contribution < -0.4 is 5.32 Å². The molecule has 0 radical (unpaired) electrons. The Labute approximate surface area is 153 Å². The summed E-state index contributed by atoms with van der Waals surface area (Å²) in [6.07, 6.45) is -0.925. The van der Waals surface area contributed by atoms with E-state index >= 15 is 0 Å². The molecule has 1 amide bonds. The predicted molar refractivity (Wildman–Crippen MR) is 91.7 cm³/mol. The Hall–Kier alpha value is -2.23. The fourth-order valence-electron chi connectivity index (χ4n) is 2.53. The number of rotatable bonds is 7. The average Bonchev–Trinajstić information content (AvgIpc) is 3.37. The number of hydrogen-bond donors (Lipinski definition) is 2. The maximum Gasteiger partial charge on any atom is 0.329 e. The van der Waals surface area contributed by atoms with Crippen LogP contribution in [0.4, 0.5) is 8.78 Å². The van der Waals surface area contributed by atoms with Gasteiger partial charge in [-0.05, 0) is 25.8 Å². The monoisotopic (exact) mass is 384 g/mol. The van der Waals surface area contributed by atoms with E-state index in [4.69, 9.17) is 4.74 Å². The number of thiol groups is 1. The molecule has 10 heteroatoms. The Bertz CT molecular complexity index is 838. The summed E-state index contributed by atoms with van der Waals surface area (Å²) in [4.78, 5) is 28.4. The zero-order valence-corrected chi connectivity index (χ0v) is 14.9. The fourth-order valence-corrected chi connectivity index (χ4v) is 2.77. The number of nitrogens with zero attached hydrogens (tertiary/aromatic N) is 3. The average molecular weight is 384 g/mol.